The SMILES string of the molecule is O=S1(=O)c2ccccc2OOc2ccccc21. The highest BCUT2D eigenvalue weighted by atomic mass is 32.2. The van der Waals surface area contributed by atoms with E-state index in [4.69, 9.17) is 9.78 Å². The van der Waals surface area contributed by atoms with Gasteiger partial charge in [0.2, 0.25) is 9.84 Å². The van der Waals surface area contributed by atoms with E-state index in [0.717, 1.165) is 0 Å². The van der Waals surface area contributed by atoms with Gasteiger partial charge in [0.15, 0.2) is 11.5 Å². The maximum absolute atomic E-state index is 12.4. The van der Waals surface area contributed by atoms with Crippen LogP contribution in [0, 0.1) is 0 Å². The zero-order valence-electron chi connectivity index (χ0n) is 8.66. The lowest BCUT2D eigenvalue weighted by Gasteiger charge is -2.02. The monoisotopic (exact) mass is 248 g/mol. The molecule has 1 aliphatic heterocycles. The minimum absolute atomic E-state index is 0.116. The summed E-state index contributed by atoms with van der Waals surface area (Å²) in [6.07, 6.45) is 0. The van der Waals surface area contributed by atoms with Crippen LogP contribution in [-0.4, -0.2) is 8.42 Å². The van der Waals surface area contributed by atoms with Gasteiger partial charge >= 0.3 is 0 Å². The lowest BCUT2D eigenvalue weighted by molar-refractivity contribution is -0.104. The first-order chi connectivity index (χ1) is 8.19. The molecular formula is C12H8O4S. The minimum Gasteiger partial charge on any atom is -0.288 e. The molecule has 2 aromatic rings. The van der Waals surface area contributed by atoms with Crippen molar-refractivity contribution in [3.05, 3.63) is 48.5 Å². The molecule has 0 aliphatic carbocycles. The van der Waals surface area contributed by atoms with Crippen LogP contribution in [0.1, 0.15) is 0 Å². The van der Waals surface area contributed by atoms with Gasteiger partial charge in [-0.1, -0.05) is 24.3 Å². The van der Waals surface area contributed by atoms with Crippen LogP contribution in [0.5, 0.6) is 11.5 Å². The highest BCUT2D eigenvalue weighted by Gasteiger charge is 2.29. The molecule has 4 nitrogen and oxygen atoms in total. The fraction of sp³-hybridized carbons (Fsp3) is 0. The maximum atomic E-state index is 12.4. The highest BCUT2D eigenvalue weighted by Crippen LogP contribution is 2.37. The van der Waals surface area contributed by atoms with Crippen molar-refractivity contribution in [1.82, 2.24) is 0 Å². The van der Waals surface area contributed by atoms with E-state index in [2.05, 4.69) is 0 Å². The lowest BCUT2D eigenvalue weighted by atomic mass is 10.3. The fourth-order valence-corrected chi connectivity index (χ4v) is 3.18. The molecule has 0 amide bonds. The molecule has 3 rings (SSSR count). The summed E-state index contributed by atoms with van der Waals surface area (Å²) >= 11 is 0. The molecule has 0 fully saturated rings. The molecule has 86 valence electrons. The molecule has 0 N–H and O–H groups in total. The van der Waals surface area contributed by atoms with Crippen LogP contribution in [-0.2, 0) is 9.84 Å². The number of sulfone groups is 1. The van der Waals surface area contributed by atoms with Crippen molar-refractivity contribution < 1.29 is 18.2 Å². The van der Waals surface area contributed by atoms with Crippen molar-refractivity contribution in [2.24, 2.45) is 0 Å². The van der Waals surface area contributed by atoms with Crippen molar-refractivity contribution in [3.63, 3.8) is 0 Å². The largest absolute Gasteiger partial charge is 0.288 e. The highest BCUT2D eigenvalue weighted by molar-refractivity contribution is 7.91. The van der Waals surface area contributed by atoms with Crippen LogP contribution < -0.4 is 9.78 Å². The summed E-state index contributed by atoms with van der Waals surface area (Å²) < 4.78 is 24.7. The third-order valence-electron chi connectivity index (χ3n) is 2.50. The molecule has 1 heterocycles. The molecule has 17 heavy (non-hydrogen) atoms. The normalized spacial score (nSPS) is 15.8. The molecule has 0 atom stereocenters. The molecule has 2 aromatic carbocycles. The molecule has 0 bridgehead atoms. The Morgan fingerprint density at radius 2 is 1.12 bits per heavy atom. The van der Waals surface area contributed by atoms with Gasteiger partial charge in [-0.15, -0.1) is 0 Å². The number of hydrogen-bond donors (Lipinski definition) is 0. The Hall–Kier alpha value is -2.01. The van der Waals surface area contributed by atoms with Crippen molar-refractivity contribution >= 4 is 9.84 Å². The van der Waals surface area contributed by atoms with E-state index in [0.29, 0.717) is 0 Å². The zero-order chi connectivity index (χ0) is 11.9. The van der Waals surface area contributed by atoms with Crippen molar-refractivity contribution in [1.29, 1.82) is 0 Å². The van der Waals surface area contributed by atoms with Gasteiger partial charge in [0, 0.05) is 0 Å². The Bertz CT molecular complexity index is 623. The second kappa shape index (κ2) is 3.49. The Morgan fingerprint density at radius 3 is 1.59 bits per heavy atom. The van der Waals surface area contributed by atoms with Crippen LogP contribution >= 0.6 is 0 Å². The van der Waals surface area contributed by atoms with Gasteiger partial charge < -0.3 is 0 Å². The van der Waals surface area contributed by atoms with Gasteiger partial charge in [-0.2, -0.15) is 0 Å². The van der Waals surface area contributed by atoms with E-state index < -0.39 is 9.84 Å². The third kappa shape index (κ3) is 1.47. The summed E-state index contributed by atoms with van der Waals surface area (Å²) in [6, 6.07) is 12.8. The van der Waals surface area contributed by atoms with Gasteiger partial charge in [-0.25, -0.2) is 8.42 Å². The molecule has 5 heteroatoms. The van der Waals surface area contributed by atoms with Gasteiger partial charge in [0.25, 0.3) is 0 Å². The Kier molecular flexibility index (Phi) is 2.09. The van der Waals surface area contributed by atoms with Crippen LogP contribution in [0.2, 0.25) is 0 Å². The average Bonchev–Trinajstić information content (AvgIpc) is 2.47. The molecule has 0 saturated heterocycles. The van der Waals surface area contributed by atoms with E-state index in [9.17, 15) is 8.42 Å². The lowest BCUT2D eigenvalue weighted by Crippen LogP contribution is -2.00. The van der Waals surface area contributed by atoms with Crippen molar-refractivity contribution in [3.8, 4) is 11.5 Å². The smallest absolute Gasteiger partial charge is 0.214 e. The molecule has 0 radical (unpaired) electrons. The van der Waals surface area contributed by atoms with Gasteiger partial charge in [0.05, 0.1) is 0 Å². The summed E-state index contributed by atoms with van der Waals surface area (Å²) in [6.45, 7) is 0. The van der Waals surface area contributed by atoms with Crippen LogP contribution in [0.3, 0.4) is 0 Å². The predicted molar refractivity (Wildman–Crippen MR) is 59.6 cm³/mol. The first-order valence-corrected chi connectivity index (χ1v) is 6.45. The zero-order valence-corrected chi connectivity index (χ0v) is 9.48. The van der Waals surface area contributed by atoms with E-state index >= 15 is 0 Å². The summed E-state index contributed by atoms with van der Waals surface area (Å²) in [5.41, 5.74) is 0. The van der Waals surface area contributed by atoms with E-state index in [1.807, 2.05) is 0 Å². The van der Waals surface area contributed by atoms with E-state index in [1.54, 1.807) is 36.4 Å². The molecule has 0 unspecified atom stereocenters. The molecule has 0 saturated carbocycles. The van der Waals surface area contributed by atoms with Crippen LogP contribution in [0.15, 0.2) is 58.3 Å². The summed E-state index contributed by atoms with van der Waals surface area (Å²) in [7, 11) is -3.59. The summed E-state index contributed by atoms with van der Waals surface area (Å²) in [5.74, 6) is 0.396. The number of rotatable bonds is 0. The summed E-state index contributed by atoms with van der Waals surface area (Å²) in [5, 5.41) is 0. The quantitative estimate of drug-likeness (QED) is 0.671. The topological polar surface area (TPSA) is 52.6 Å². The van der Waals surface area contributed by atoms with Crippen molar-refractivity contribution in [2.75, 3.05) is 0 Å². The number of hydrogen-bond acceptors (Lipinski definition) is 4. The summed E-state index contributed by atoms with van der Waals surface area (Å²) in [4.78, 5) is 10.3. The Labute approximate surface area is 98.3 Å². The van der Waals surface area contributed by atoms with Gasteiger partial charge in [-0.05, 0) is 24.3 Å². The van der Waals surface area contributed by atoms with Crippen molar-refractivity contribution in [2.45, 2.75) is 9.79 Å². The number of fused-ring (bicyclic) bond motifs is 2. The first kappa shape index (κ1) is 10.2. The Morgan fingerprint density at radius 1 is 0.706 bits per heavy atom. The Balaban J connectivity index is 2.35. The molecule has 0 aromatic heterocycles. The predicted octanol–water partition coefficient (Wildman–Crippen LogP) is 2.21. The fourth-order valence-electron chi connectivity index (χ4n) is 1.69. The first-order valence-electron chi connectivity index (χ1n) is 4.97. The van der Waals surface area contributed by atoms with Crippen LogP contribution in [0.4, 0.5) is 0 Å². The van der Waals surface area contributed by atoms with Gasteiger partial charge in [-0.3, -0.25) is 9.78 Å². The van der Waals surface area contributed by atoms with E-state index in [1.165, 1.54) is 12.1 Å². The number of benzene rings is 2. The third-order valence-corrected chi connectivity index (χ3v) is 4.33. The molecule has 1 aliphatic rings. The standard InChI is InChI=1S/C12H8O4S/c13-17(14)11-7-3-1-5-9(11)15-16-10-6-2-4-8-12(10)17/h1-8H. The van der Waals surface area contributed by atoms with Gasteiger partial charge in [0.1, 0.15) is 9.79 Å². The molecule has 0 spiro atoms. The minimum atomic E-state index is -3.59. The molecular weight excluding hydrogens is 240 g/mol. The second-order valence-corrected chi connectivity index (χ2v) is 5.45. The van der Waals surface area contributed by atoms with E-state index in [-0.39, 0.29) is 21.3 Å². The number of para-hydroxylation sites is 2. The second-order valence-electron chi connectivity index (χ2n) is 3.56. The van der Waals surface area contributed by atoms with Crippen LogP contribution in [0.25, 0.3) is 0 Å². The maximum Gasteiger partial charge on any atom is 0.214 e. The average molecular weight is 248 g/mol.